The molecule has 2 rings (SSSR count). The number of sulfonamides is 1. The second kappa shape index (κ2) is 4.00. The number of anilines is 2. The molecular weight excluding hydrogens is 262 g/mol. The zero-order chi connectivity index (χ0) is 12.6. The van der Waals surface area contributed by atoms with E-state index in [2.05, 4.69) is 19.9 Å². The van der Waals surface area contributed by atoms with Gasteiger partial charge in [0.2, 0.25) is 0 Å². The van der Waals surface area contributed by atoms with Crippen molar-refractivity contribution >= 4 is 32.9 Å². The number of thiazole rings is 1. The fraction of sp³-hybridized carbons (Fsp3) is 0.250. The van der Waals surface area contributed by atoms with E-state index in [4.69, 9.17) is 5.73 Å². The summed E-state index contributed by atoms with van der Waals surface area (Å²) < 4.78 is 26.3. The fourth-order valence-electron chi connectivity index (χ4n) is 1.16. The third-order valence-electron chi connectivity index (χ3n) is 2.09. The van der Waals surface area contributed by atoms with Crippen molar-refractivity contribution in [2.75, 3.05) is 10.5 Å². The normalized spacial score (nSPS) is 11.6. The van der Waals surface area contributed by atoms with Crippen LogP contribution in [-0.4, -0.2) is 23.6 Å². The molecule has 0 spiro atoms. The van der Waals surface area contributed by atoms with E-state index >= 15 is 0 Å². The lowest BCUT2D eigenvalue weighted by Crippen LogP contribution is -2.13. The average molecular weight is 273 g/mol. The molecule has 2 heterocycles. The SMILES string of the molecule is Cc1ncc(S(=O)(=O)Nc2n[nH]c(C)c2N)s1. The number of aryl methyl sites for hydroxylation is 2. The van der Waals surface area contributed by atoms with Gasteiger partial charge in [0.15, 0.2) is 10.0 Å². The van der Waals surface area contributed by atoms with Crippen LogP contribution < -0.4 is 10.5 Å². The zero-order valence-electron chi connectivity index (χ0n) is 9.18. The topological polar surface area (TPSA) is 114 Å². The van der Waals surface area contributed by atoms with Crippen LogP contribution in [0.2, 0.25) is 0 Å². The Morgan fingerprint density at radius 2 is 2.18 bits per heavy atom. The lowest BCUT2D eigenvalue weighted by atomic mass is 10.4. The van der Waals surface area contributed by atoms with Gasteiger partial charge in [-0.05, 0) is 13.8 Å². The highest BCUT2D eigenvalue weighted by molar-refractivity contribution is 7.94. The third kappa shape index (κ3) is 2.24. The number of aromatic amines is 1. The van der Waals surface area contributed by atoms with Crippen LogP contribution in [0.5, 0.6) is 0 Å². The zero-order valence-corrected chi connectivity index (χ0v) is 10.8. The van der Waals surface area contributed by atoms with Crippen molar-refractivity contribution in [1.82, 2.24) is 15.2 Å². The van der Waals surface area contributed by atoms with Crippen molar-refractivity contribution in [2.24, 2.45) is 0 Å². The molecule has 0 amide bonds. The van der Waals surface area contributed by atoms with Gasteiger partial charge in [-0.25, -0.2) is 13.4 Å². The maximum atomic E-state index is 11.9. The van der Waals surface area contributed by atoms with Gasteiger partial charge < -0.3 is 5.73 Å². The van der Waals surface area contributed by atoms with Crippen molar-refractivity contribution in [3.63, 3.8) is 0 Å². The molecule has 17 heavy (non-hydrogen) atoms. The van der Waals surface area contributed by atoms with E-state index < -0.39 is 10.0 Å². The molecule has 2 aromatic rings. The highest BCUT2D eigenvalue weighted by atomic mass is 32.2. The number of hydrogen-bond donors (Lipinski definition) is 3. The largest absolute Gasteiger partial charge is 0.394 e. The minimum atomic E-state index is -3.66. The predicted molar refractivity (Wildman–Crippen MR) is 65.4 cm³/mol. The second-order valence-electron chi connectivity index (χ2n) is 3.41. The molecule has 0 aliphatic rings. The number of H-pyrrole nitrogens is 1. The molecule has 0 unspecified atom stereocenters. The van der Waals surface area contributed by atoms with E-state index in [0.29, 0.717) is 10.7 Å². The number of nitrogens with zero attached hydrogens (tertiary/aromatic N) is 2. The Bertz CT molecular complexity index is 643. The van der Waals surface area contributed by atoms with Gasteiger partial charge in [0.1, 0.15) is 0 Å². The van der Waals surface area contributed by atoms with Crippen LogP contribution in [-0.2, 0) is 10.0 Å². The van der Waals surface area contributed by atoms with Gasteiger partial charge in [-0.2, -0.15) is 5.10 Å². The van der Waals surface area contributed by atoms with E-state index in [1.54, 1.807) is 13.8 Å². The molecule has 0 atom stereocenters. The Balaban J connectivity index is 2.33. The summed E-state index contributed by atoms with van der Waals surface area (Å²) in [5, 5.41) is 7.06. The van der Waals surface area contributed by atoms with Crippen LogP contribution in [0.3, 0.4) is 0 Å². The number of nitrogens with one attached hydrogen (secondary N) is 2. The molecule has 0 saturated heterocycles. The summed E-state index contributed by atoms with van der Waals surface area (Å²) in [6.45, 7) is 3.44. The number of nitrogen functional groups attached to an aromatic ring is 1. The Labute approximate surface area is 102 Å². The summed E-state index contributed by atoms with van der Waals surface area (Å²) in [6, 6.07) is 0. The minimum Gasteiger partial charge on any atom is -0.394 e. The summed E-state index contributed by atoms with van der Waals surface area (Å²) in [6.07, 6.45) is 1.30. The Hall–Kier alpha value is -1.61. The van der Waals surface area contributed by atoms with E-state index in [0.717, 1.165) is 11.3 Å². The van der Waals surface area contributed by atoms with Gasteiger partial charge in [0, 0.05) is 0 Å². The van der Waals surface area contributed by atoms with Gasteiger partial charge >= 0.3 is 0 Å². The molecule has 0 aliphatic heterocycles. The van der Waals surface area contributed by atoms with Crippen molar-refractivity contribution < 1.29 is 8.42 Å². The van der Waals surface area contributed by atoms with Crippen molar-refractivity contribution in [1.29, 1.82) is 0 Å². The van der Waals surface area contributed by atoms with E-state index in [1.807, 2.05) is 0 Å². The summed E-state index contributed by atoms with van der Waals surface area (Å²) in [5.41, 5.74) is 6.56. The van der Waals surface area contributed by atoms with Crippen molar-refractivity contribution in [3.05, 3.63) is 16.9 Å². The Kier molecular flexibility index (Phi) is 2.79. The van der Waals surface area contributed by atoms with Crippen molar-refractivity contribution in [2.45, 2.75) is 18.1 Å². The van der Waals surface area contributed by atoms with E-state index in [1.165, 1.54) is 6.20 Å². The van der Waals surface area contributed by atoms with Crippen LogP contribution >= 0.6 is 11.3 Å². The first-order valence-corrected chi connectivity index (χ1v) is 6.96. The van der Waals surface area contributed by atoms with Crippen molar-refractivity contribution in [3.8, 4) is 0 Å². The summed E-state index contributed by atoms with van der Waals surface area (Å²) in [4.78, 5) is 3.89. The Morgan fingerprint density at radius 3 is 2.65 bits per heavy atom. The van der Waals surface area contributed by atoms with Crippen LogP contribution in [0.25, 0.3) is 0 Å². The smallest absolute Gasteiger partial charge is 0.274 e. The highest BCUT2D eigenvalue weighted by Gasteiger charge is 2.20. The maximum absolute atomic E-state index is 11.9. The molecule has 4 N–H and O–H groups in total. The van der Waals surface area contributed by atoms with E-state index in [-0.39, 0.29) is 15.7 Å². The van der Waals surface area contributed by atoms with Crippen LogP contribution in [0.1, 0.15) is 10.7 Å². The molecule has 0 aromatic carbocycles. The lowest BCUT2D eigenvalue weighted by Gasteiger charge is -2.02. The predicted octanol–water partition coefficient (Wildman–Crippen LogP) is 0.866. The molecule has 0 radical (unpaired) electrons. The first-order chi connectivity index (χ1) is 7.90. The maximum Gasteiger partial charge on any atom is 0.274 e. The van der Waals surface area contributed by atoms with Crippen LogP contribution in [0.15, 0.2) is 10.4 Å². The van der Waals surface area contributed by atoms with Gasteiger partial charge in [0.25, 0.3) is 10.0 Å². The van der Waals surface area contributed by atoms with E-state index in [9.17, 15) is 8.42 Å². The molecular formula is C8H11N5O2S2. The molecule has 0 saturated carbocycles. The molecule has 2 aromatic heterocycles. The third-order valence-corrected chi connectivity index (χ3v) is 4.80. The summed E-state index contributed by atoms with van der Waals surface area (Å²) in [7, 11) is -3.66. The number of nitrogens with two attached hydrogens (primary N) is 1. The number of hydrogen-bond acceptors (Lipinski definition) is 6. The minimum absolute atomic E-state index is 0.105. The molecule has 0 fully saturated rings. The number of rotatable bonds is 3. The van der Waals surface area contributed by atoms with Crippen LogP contribution in [0, 0.1) is 13.8 Å². The average Bonchev–Trinajstić information content (AvgIpc) is 2.80. The molecule has 0 aliphatic carbocycles. The fourth-order valence-corrected chi connectivity index (χ4v) is 3.29. The highest BCUT2D eigenvalue weighted by Crippen LogP contribution is 2.24. The summed E-state index contributed by atoms with van der Waals surface area (Å²) in [5.74, 6) is 0.105. The molecule has 0 bridgehead atoms. The van der Waals surface area contributed by atoms with Gasteiger partial charge in [-0.1, -0.05) is 0 Å². The second-order valence-corrected chi connectivity index (χ2v) is 6.56. The first kappa shape index (κ1) is 11.9. The van der Waals surface area contributed by atoms with Crippen LogP contribution in [0.4, 0.5) is 11.5 Å². The Morgan fingerprint density at radius 1 is 1.47 bits per heavy atom. The summed E-state index contributed by atoms with van der Waals surface area (Å²) >= 11 is 1.09. The first-order valence-electron chi connectivity index (χ1n) is 4.66. The monoisotopic (exact) mass is 273 g/mol. The van der Waals surface area contributed by atoms with Gasteiger partial charge in [-0.3, -0.25) is 9.82 Å². The molecule has 7 nitrogen and oxygen atoms in total. The standard InChI is InChI=1S/C8H11N5O2S2/c1-4-7(9)8(12-11-4)13-17(14,15)6-3-10-5(2)16-6/h3H,9H2,1-2H3,(H2,11,12,13). The quantitative estimate of drug-likeness (QED) is 0.767. The van der Waals surface area contributed by atoms with Gasteiger partial charge in [0.05, 0.1) is 22.6 Å². The van der Waals surface area contributed by atoms with Gasteiger partial charge in [-0.15, -0.1) is 11.3 Å². The lowest BCUT2D eigenvalue weighted by molar-refractivity contribution is 0.603. The molecule has 9 heteroatoms. The molecule has 92 valence electrons. The number of aromatic nitrogens is 3.